The van der Waals surface area contributed by atoms with Crippen LogP contribution in [0.25, 0.3) is 10.8 Å². The van der Waals surface area contributed by atoms with Gasteiger partial charge < -0.3 is 10.6 Å². The Labute approximate surface area is 174 Å². The van der Waals surface area contributed by atoms with Crippen molar-refractivity contribution in [2.24, 2.45) is 0 Å². The summed E-state index contributed by atoms with van der Waals surface area (Å²) >= 11 is 0. The van der Waals surface area contributed by atoms with Crippen molar-refractivity contribution in [1.29, 1.82) is 0 Å². The predicted octanol–water partition coefficient (Wildman–Crippen LogP) is 3.87. The number of aromatic nitrogens is 1. The number of pyridine rings is 1. The molecule has 1 unspecified atom stereocenters. The first kappa shape index (κ1) is 19.3. The third-order valence-corrected chi connectivity index (χ3v) is 4.86. The fourth-order valence-corrected chi connectivity index (χ4v) is 3.39. The van der Waals surface area contributed by atoms with Crippen LogP contribution in [-0.4, -0.2) is 23.3 Å². The lowest BCUT2D eigenvalue weighted by atomic mass is 9.98. The van der Waals surface area contributed by atoms with Gasteiger partial charge in [-0.25, -0.2) is 0 Å². The second-order valence-electron chi connectivity index (χ2n) is 6.88. The van der Waals surface area contributed by atoms with Gasteiger partial charge in [0.2, 0.25) is 5.91 Å². The molecule has 4 rings (SSSR count). The van der Waals surface area contributed by atoms with Gasteiger partial charge >= 0.3 is 0 Å². The average molecular weight is 395 g/mol. The minimum atomic E-state index is -0.432. The maximum atomic E-state index is 12.7. The molecule has 2 N–H and O–H groups in total. The fraction of sp³-hybridized carbons (Fsp3) is 0.0800. The molecule has 3 aromatic carbocycles. The van der Waals surface area contributed by atoms with Crippen molar-refractivity contribution in [3.05, 3.63) is 114 Å². The molecule has 0 saturated carbocycles. The van der Waals surface area contributed by atoms with Gasteiger partial charge in [0.15, 0.2) is 0 Å². The number of amides is 2. The fourth-order valence-electron chi connectivity index (χ4n) is 3.39. The molecule has 1 heterocycles. The molecule has 1 atom stereocenters. The summed E-state index contributed by atoms with van der Waals surface area (Å²) in [6.45, 7) is -0.123. The molecule has 5 heteroatoms. The van der Waals surface area contributed by atoms with Gasteiger partial charge in [-0.15, -0.1) is 0 Å². The van der Waals surface area contributed by atoms with E-state index in [4.69, 9.17) is 0 Å². The number of hydrogen-bond acceptors (Lipinski definition) is 3. The summed E-state index contributed by atoms with van der Waals surface area (Å²) in [5, 5.41) is 7.73. The van der Waals surface area contributed by atoms with Gasteiger partial charge in [-0.05, 0) is 29.1 Å². The van der Waals surface area contributed by atoms with Crippen molar-refractivity contribution in [3.8, 4) is 0 Å². The molecule has 0 fully saturated rings. The maximum Gasteiger partial charge on any atom is 0.251 e. The highest BCUT2D eigenvalue weighted by Crippen LogP contribution is 2.27. The second kappa shape index (κ2) is 9.01. The first-order valence-electron chi connectivity index (χ1n) is 9.73. The Morgan fingerprint density at radius 3 is 2.23 bits per heavy atom. The Balaban J connectivity index is 1.57. The number of fused-ring (bicyclic) bond motifs is 1. The molecule has 0 aliphatic rings. The van der Waals surface area contributed by atoms with Crippen LogP contribution in [0.4, 0.5) is 0 Å². The Hall–Kier alpha value is -3.99. The van der Waals surface area contributed by atoms with E-state index in [9.17, 15) is 9.59 Å². The highest BCUT2D eigenvalue weighted by molar-refractivity contribution is 5.96. The number of benzene rings is 3. The van der Waals surface area contributed by atoms with Gasteiger partial charge in [0.25, 0.3) is 5.91 Å². The zero-order valence-corrected chi connectivity index (χ0v) is 16.3. The van der Waals surface area contributed by atoms with Gasteiger partial charge in [0.05, 0.1) is 18.3 Å². The number of nitrogens with zero attached hydrogens (tertiary/aromatic N) is 1. The molecule has 2 amide bonds. The van der Waals surface area contributed by atoms with Gasteiger partial charge in [-0.1, -0.05) is 72.8 Å². The summed E-state index contributed by atoms with van der Waals surface area (Å²) in [6, 6.07) is 28.0. The second-order valence-corrected chi connectivity index (χ2v) is 6.88. The minimum absolute atomic E-state index is 0.123. The number of hydrogen-bond donors (Lipinski definition) is 2. The Bertz CT molecular complexity index is 1160. The number of rotatable bonds is 6. The predicted molar refractivity (Wildman–Crippen MR) is 117 cm³/mol. The van der Waals surface area contributed by atoms with E-state index in [0.717, 1.165) is 22.0 Å². The van der Waals surface area contributed by atoms with E-state index in [1.54, 1.807) is 30.5 Å². The van der Waals surface area contributed by atoms with Gasteiger partial charge in [0, 0.05) is 17.1 Å². The van der Waals surface area contributed by atoms with Crippen LogP contribution in [-0.2, 0) is 4.79 Å². The standard InChI is InChI=1S/C25H21N3O2/c29-22(17-27-25(30)20-12-5-2-6-13-20)28-23(19-10-3-1-4-11-19)24-21-14-8-7-9-18(21)15-16-26-24/h1-16,23H,17H2,(H,27,30)(H,28,29). The Morgan fingerprint density at radius 2 is 1.47 bits per heavy atom. The van der Waals surface area contributed by atoms with E-state index < -0.39 is 6.04 Å². The summed E-state index contributed by atoms with van der Waals surface area (Å²) in [7, 11) is 0. The van der Waals surface area contributed by atoms with Gasteiger partial charge in [0.1, 0.15) is 0 Å². The molecule has 1 aromatic heterocycles. The lowest BCUT2D eigenvalue weighted by Gasteiger charge is -2.20. The average Bonchev–Trinajstić information content (AvgIpc) is 2.82. The summed E-state index contributed by atoms with van der Waals surface area (Å²) in [6.07, 6.45) is 1.75. The Morgan fingerprint density at radius 1 is 0.800 bits per heavy atom. The molecule has 0 radical (unpaired) electrons. The van der Waals surface area contributed by atoms with Crippen molar-refractivity contribution in [1.82, 2.24) is 15.6 Å². The molecular formula is C25H21N3O2. The number of nitrogens with one attached hydrogen (secondary N) is 2. The van der Waals surface area contributed by atoms with Gasteiger partial charge in [-0.2, -0.15) is 0 Å². The van der Waals surface area contributed by atoms with Crippen molar-refractivity contribution in [3.63, 3.8) is 0 Å². The molecule has 0 spiro atoms. The zero-order chi connectivity index (χ0) is 20.8. The molecular weight excluding hydrogens is 374 g/mol. The molecule has 5 nitrogen and oxygen atoms in total. The molecule has 0 saturated heterocycles. The maximum absolute atomic E-state index is 12.7. The van der Waals surface area contributed by atoms with Crippen LogP contribution in [0.3, 0.4) is 0 Å². The summed E-state index contributed by atoms with van der Waals surface area (Å²) in [5.41, 5.74) is 2.20. The van der Waals surface area contributed by atoms with Crippen LogP contribution >= 0.6 is 0 Å². The van der Waals surface area contributed by atoms with E-state index >= 15 is 0 Å². The SMILES string of the molecule is O=C(CNC(=O)c1ccccc1)NC(c1ccccc1)c1nccc2ccccc12. The lowest BCUT2D eigenvalue weighted by molar-refractivity contribution is -0.120. The summed E-state index contributed by atoms with van der Waals surface area (Å²) < 4.78 is 0. The van der Waals surface area contributed by atoms with E-state index in [1.165, 1.54) is 0 Å². The van der Waals surface area contributed by atoms with Crippen molar-refractivity contribution < 1.29 is 9.59 Å². The first-order chi connectivity index (χ1) is 14.7. The van der Waals surface area contributed by atoms with Crippen LogP contribution in [0.1, 0.15) is 27.7 Å². The molecule has 0 aliphatic carbocycles. The monoisotopic (exact) mass is 395 g/mol. The minimum Gasteiger partial charge on any atom is -0.343 e. The zero-order valence-electron chi connectivity index (χ0n) is 16.3. The molecule has 0 bridgehead atoms. The van der Waals surface area contributed by atoms with Crippen molar-refractivity contribution >= 4 is 22.6 Å². The normalized spacial score (nSPS) is 11.6. The van der Waals surface area contributed by atoms with E-state index in [2.05, 4.69) is 15.6 Å². The molecule has 148 valence electrons. The summed E-state index contributed by atoms with van der Waals surface area (Å²) in [4.78, 5) is 29.5. The first-order valence-corrected chi connectivity index (χ1v) is 9.73. The molecule has 30 heavy (non-hydrogen) atoms. The van der Waals surface area contributed by atoms with Crippen LogP contribution < -0.4 is 10.6 Å². The van der Waals surface area contributed by atoms with E-state index in [-0.39, 0.29) is 18.4 Å². The van der Waals surface area contributed by atoms with Gasteiger partial charge in [-0.3, -0.25) is 14.6 Å². The van der Waals surface area contributed by atoms with Crippen LogP contribution in [0, 0.1) is 0 Å². The van der Waals surface area contributed by atoms with Crippen molar-refractivity contribution in [2.75, 3.05) is 6.54 Å². The topological polar surface area (TPSA) is 71.1 Å². The summed E-state index contributed by atoms with van der Waals surface area (Å²) in [5.74, 6) is -0.576. The molecule has 4 aromatic rings. The van der Waals surface area contributed by atoms with E-state index in [1.807, 2.05) is 66.7 Å². The van der Waals surface area contributed by atoms with Crippen LogP contribution in [0.15, 0.2) is 97.2 Å². The number of carbonyl (C=O) groups is 2. The quantitative estimate of drug-likeness (QED) is 0.521. The highest BCUT2D eigenvalue weighted by Gasteiger charge is 2.20. The van der Waals surface area contributed by atoms with Crippen LogP contribution in [0.5, 0.6) is 0 Å². The Kier molecular flexibility index (Phi) is 5.80. The van der Waals surface area contributed by atoms with Crippen molar-refractivity contribution in [2.45, 2.75) is 6.04 Å². The molecule has 0 aliphatic heterocycles. The lowest BCUT2D eigenvalue weighted by Crippen LogP contribution is -2.39. The third kappa shape index (κ3) is 4.36. The smallest absolute Gasteiger partial charge is 0.251 e. The van der Waals surface area contributed by atoms with E-state index in [0.29, 0.717) is 5.56 Å². The largest absolute Gasteiger partial charge is 0.343 e. The van der Waals surface area contributed by atoms with Crippen LogP contribution in [0.2, 0.25) is 0 Å². The number of carbonyl (C=O) groups excluding carboxylic acids is 2. The third-order valence-electron chi connectivity index (χ3n) is 4.86. The highest BCUT2D eigenvalue weighted by atomic mass is 16.2.